The van der Waals surface area contributed by atoms with Gasteiger partial charge in [0.2, 0.25) is 0 Å². The molecule has 0 aliphatic rings. The molecule has 0 fully saturated rings. The van der Waals surface area contributed by atoms with E-state index in [2.05, 4.69) is 4.98 Å². The van der Waals surface area contributed by atoms with Crippen LogP contribution >= 0.6 is 11.8 Å². The van der Waals surface area contributed by atoms with Gasteiger partial charge in [-0.1, -0.05) is 6.92 Å². The monoisotopic (exact) mass is 235 g/mol. The molecule has 0 N–H and O–H groups in total. The smallest absolute Gasteiger partial charge is 0.271 e. The lowest BCUT2D eigenvalue weighted by Crippen LogP contribution is -2.23. The van der Waals surface area contributed by atoms with E-state index < -0.39 is 0 Å². The van der Waals surface area contributed by atoms with Crippen LogP contribution in [-0.2, 0) is 0 Å². The number of pyridine rings is 1. The Balaban J connectivity index is 3.10. The van der Waals surface area contributed by atoms with Crippen molar-refractivity contribution in [1.82, 2.24) is 9.88 Å². The van der Waals surface area contributed by atoms with Crippen molar-refractivity contribution in [3.05, 3.63) is 23.5 Å². The standard InChI is InChI=1S/C11H13N3OS/c1-4-16-10-6-5-8(11(15)14(2)3)13-9(10)7-12/h5-6H,4H2,1-3H3. The lowest BCUT2D eigenvalue weighted by molar-refractivity contribution is 0.0822. The van der Waals surface area contributed by atoms with Crippen molar-refractivity contribution in [2.45, 2.75) is 11.8 Å². The van der Waals surface area contributed by atoms with Crippen LogP contribution < -0.4 is 0 Å². The average molecular weight is 235 g/mol. The van der Waals surface area contributed by atoms with E-state index in [1.165, 1.54) is 4.90 Å². The number of nitriles is 1. The molecule has 0 aliphatic carbocycles. The molecule has 1 rings (SSSR count). The molecule has 0 spiro atoms. The van der Waals surface area contributed by atoms with E-state index in [1.807, 2.05) is 13.0 Å². The number of hydrogen-bond acceptors (Lipinski definition) is 4. The average Bonchev–Trinajstić information content (AvgIpc) is 2.29. The van der Waals surface area contributed by atoms with Gasteiger partial charge >= 0.3 is 0 Å². The number of thioether (sulfide) groups is 1. The summed E-state index contributed by atoms with van der Waals surface area (Å²) in [4.78, 5) is 17.9. The highest BCUT2D eigenvalue weighted by atomic mass is 32.2. The van der Waals surface area contributed by atoms with E-state index >= 15 is 0 Å². The van der Waals surface area contributed by atoms with Crippen LogP contribution in [0.4, 0.5) is 0 Å². The maximum Gasteiger partial charge on any atom is 0.271 e. The van der Waals surface area contributed by atoms with Crippen molar-refractivity contribution in [2.24, 2.45) is 0 Å². The molecule has 0 unspecified atom stereocenters. The first-order valence-corrected chi connectivity index (χ1v) is 5.84. The van der Waals surface area contributed by atoms with Gasteiger partial charge in [0.1, 0.15) is 11.8 Å². The summed E-state index contributed by atoms with van der Waals surface area (Å²) >= 11 is 1.55. The van der Waals surface area contributed by atoms with Crippen molar-refractivity contribution in [2.75, 3.05) is 19.8 Å². The van der Waals surface area contributed by atoms with Gasteiger partial charge in [0.15, 0.2) is 5.69 Å². The van der Waals surface area contributed by atoms with Crippen LogP contribution in [0.5, 0.6) is 0 Å². The minimum Gasteiger partial charge on any atom is -0.343 e. The van der Waals surface area contributed by atoms with Crippen molar-refractivity contribution < 1.29 is 4.79 Å². The minimum absolute atomic E-state index is 0.190. The van der Waals surface area contributed by atoms with Gasteiger partial charge in [0.25, 0.3) is 5.91 Å². The molecule has 0 aromatic carbocycles. The number of carbonyl (C=O) groups excluding carboxylic acids is 1. The zero-order valence-electron chi connectivity index (χ0n) is 9.52. The van der Waals surface area contributed by atoms with Gasteiger partial charge in [0, 0.05) is 19.0 Å². The summed E-state index contributed by atoms with van der Waals surface area (Å²) in [6, 6.07) is 5.44. The lowest BCUT2D eigenvalue weighted by atomic mass is 10.3. The maximum absolute atomic E-state index is 11.6. The van der Waals surface area contributed by atoms with Crippen molar-refractivity contribution in [3.63, 3.8) is 0 Å². The van der Waals surface area contributed by atoms with E-state index in [4.69, 9.17) is 5.26 Å². The topological polar surface area (TPSA) is 57.0 Å². The largest absolute Gasteiger partial charge is 0.343 e. The van der Waals surface area contributed by atoms with E-state index in [0.717, 1.165) is 10.6 Å². The van der Waals surface area contributed by atoms with Crippen LogP contribution in [0.3, 0.4) is 0 Å². The van der Waals surface area contributed by atoms with Crippen LogP contribution in [0.15, 0.2) is 17.0 Å². The van der Waals surface area contributed by atoms with Crippen molar-refractivity contribution in [3.8, 4) is 6.07 Å². The summed E-state index contributed by atoms with van der Waals surface area (Å²) in [5.41, 5.74) is 0.626. The Morgan fingerprint density at radius 1 is 1.56 bits per heavy atom. The Hall–Kier alpha value is -1.54. The third-order valence-corrected chi connectivity index (χ3v) is 2.82. The van der Waals surface area contributed by atoms with Gasteiger partial charge in [-0.25, -0.2) is 4.98 Å². The number of hydrogen-bond donors (Lipinski definition) is 0. The highest BCUT2D eigenvalue weighted by Crippen LogP contribution is 2.21. The highest BCUT2D eigenvalue weighted by Gasteiger charge is 2.12. The summed E-state index contributed by atoms with van der Waals surface area (Å²) in [7, 11) is 3.32. The first kappa shape index (κ1) is 12.5. The fraction of sp³-hybridized carbons (Fsp3) is 0.364. The molecule has 0 atom stereocenters. The summed E-state index contributed by atoms with van der Waals surface area (Å²) < 4.78 is 0. The molecule has 4 nitrogen and oxygen atoms in total. The Labute approximate surface area is 99.3 Å². The molecular formula is C11H13N3OS. The molecule has 0 bridgehead atoms. The van der Waals surface area contributed by atoms with E-state index in [0.29, 0.717) is 11.4 Å². The predicted molar refractivity (Wildman–Crippen MR) is 63.4 cm³/mol. The van der Waals surface area contributed by atoms with Crippen LogP contribution in [0.1, 0.15) is 23.1 Å². The van der Waals surface area contributed by atoms with Crippen LogP contribution in [0.25, 0.3) is 0 Å². The molecule has 0 saturated heterocycles. The van der Waals surface area contributed by atoms with Gasteiger partial charge in [-0.3, -0.25) is 4.79 Å². The molecule has 1 heterocycles. The van der Waals surface area contributed by atoms with Crippen LogP contribution in [-0.4, -0.2) is 35.6 Å². The Bertz CT molecular complexity index is 437. The van der Waals surface area contributed by atoms with Crippen molar-refractivity contribution in [1.29, 1.82) is 5.26 Å². The molecule has 0 radical (unpaired) electrons. The number of nitrogens with zero attached hydrogens (tertiary/aromatic N) is 3. The van der Waals surface area contributed by atoms with E-state index in [9.17, 15) is 4.79 Å². The summed E-state index contributed by atoms with van der Waals surface area (Å²) in [6.07, 6.45) is 0. The van der Waals surface area contributed by atoms with E-state index in [-0.39, 0.29) is 5.91 Å². The Kier molecular flexibility index (Phi) is 4.32. The first-order valence-electron chi connectivity index (χ1n) is 4.85. The zero-order chi connectivity index (χ0) is 12.1. The quantitative estimate of drug-likeness (QED) is 0.749. The number of amides is 1. The van der Waals surface area contributed by atoms with Gasteiger partial charge < -0.3 is 4.90 Å². The molecule has 1 amide bonds. The van der Waals surface area contributed by atoms with Gasteiger partial charge in [-0.15, -0.1) is 11.8 Å². The molecule has 5 heteroatoms. The van der Waals surface area contributed by atoms with Crippen LogP contribution in [0, 0.1) is 11.3 Å². The Morgan fingerprint density at radius 3 is 2.75 bits per heavy atom. The van der Waals surface area contributed by atoms with Crippen LogP contribution in [0.2, 0.25) is 0 Å². The fourth-order valence-corrected chi connectivity index (χ4v) is 1.85. The second-order valence-electron chi connectivity index (χ2n) is 3.29. The first-order chi connectivity index (χ1) is 7.60. The maximum atomic E-state index is 11.6. The summed E-state index contributed by atoms with van der Waals surface area (Å²) in [6.45, 7) is 2.00. The zero-order valence-corrected chi connectivity index (χ0v) is 10.3. The minimum atomic E-state index is -0.190. The van der Waals surface area contributed by atoms with Gasteiger partial charge in [-0.2, -0.15) is 5.26 Å². The van der Waals surface area contributed by atoms with E-state index in [1.54, 1.807) is 38.0 Å². The summed E-state index contributed by atoms with van der Waals surface area (Å²) in [5, 5.41) is 8.94. The Morgan fingerprint density at radius 2 is 2.25 bits per heavy atom. The molecule has 0 aliphatic heterocycles. The molecule has 0 saturated carbocycles. The highest BCUT2D eigenvalue weighted by molar-refractivity contribution is 7.99. The molecular weight excluding hydrogens is 222 g/mol. The molecule has 1 aromatic rings. The number of carbonyl (C=O) groups is 1. The lowest BCUT2D eigenvalue weighted by Gasteiger charge is -2.10. The van der Waals surface area contributed by atoms with Gasteiger partial charge in [0.05, 0.1) is 0 Å². The fourth-order valence-electron chi connectivity index (χ4n) is 1.15. The predicted octanol–water partition coefficient (Wildman–Crippen LogP) is 1.77. The van der Waals surface area contributed by atoms with Gasteiger partial charge in [-0.05, 0) is 17.9 Å². The number of rotatable bonds is 3. The molecule has 84 valence electrons. The third-order valence-electron chi connectivity index (χ3n) is 1.89. The molecule has 16 heavy (non-hydrogen) atoms. The summed E-state index contributed by atoms with van der Waals surface area (Å²) in [5.74, 6) is 0.682. The normalized spacial score (nSPS) is 9.62. The number of aromatic nitrogens is 1. The second kappa shape index (κ2) is 5.52. The third kappa shape index (κ3) is 2.74. The second-order valence-corrected chi connectivity index (χ2v) is 4.59. The SMILES string of the molecule is CCSc1ccc(C(=O)N(C)C)nc1C#N. The molecule has 1 aromatic heterocycles. The van der Waals surface area contributed by atoms with Crippen molar-refractivity contribution >= 4 is 17.7 Å².